The topological polar surface area (TPSA) is 83.6 Å². The highest BCUT2D eigenvalue weighted by molar-refractivity contribution is 5.81. The monoisotopic (exact) mass is 328 g/mol. The molecule has 0 aliphatic carbocycles. The van der Waals surface area contributed by atoms with Crippen molar-refractivity contribution in [1.29, 1.82) is 0 Å². The molecule has 2 atom stereocenters. The van der Waals surface area contributed by atoms with E-state index in [0.29, 0.717) is 30.3 Å². The second-order valence-electron chi connectivity index (χ2n) is 6.13. The zero-order valence-electron chi connectivity index (χ0n) is 13.7. The molecular formula is C18H20N2O4. The van der Waals surface area contributed by atoms with Crippen molar-refractivity contribution in [3.8, 4) is 11.5 Å². The fourth-order valence-electron chi connectivity index (χ4n) is 3.16. The highest BCUT2D eigenvalue weighted by atomic mass is 16.4. The van der Waals surface area contributed by atoms with Gasteiger partial charge in [-0.2, -0.15) is 0 Å². The highest BCUT2D eigenvalue weighted by Gasteiger charge is 2.38. The van der Waals surface area contributed by atoms with Crippen molar-refractivity contribution in [1.82, 2.24) is 9.88 Å². The van der Waals surface area contributed by atoms with E-state index >= 15 is 0 Å². The number of carbonyl (C=O) groups is 2. The predicted octanol–water partition coefficient (Wildman–Crippen LogP) is 2.51. The summed E-state index contributed by atoms with van der Waals surface area (Å²) in [6.07, 6.45) is 0.619. The van der Waals surface area contributed by atoms with Crippen LogP contribution >= 0.6 is 0 Å². The number of hydrogen-bond donors (Lipinski definition) is 1. The van der Waals surface area contributed by atoms with Crippen LogP contribution in [0.25, 0.3) is 11.5 Å². The van der Waals surface area contributed by atoms with Crippen molar-refractivity contribution in [3.63, 3.8) is 0 Å². The van der Waals surface area contributed by atoms with Crippen molar-refractivity contribution < 1.29 is 19.1 Å². The number of likely N-dealkylation sites (tertiary alicyclic amines) is 1. The molecule has 2 heterocycles. The van der Waals surface area contributed by atoms with Crippen LogP contribution in [0.4, 0.5) is 0 Å². The summed E-state index contributed by atoms with van der Waals surface area (Å²) < 4.78 is 5.67. The number of carboxylic acid groups (broad SMARTS) is 1. The summed E-state index contributed by atoms with van der Waals surface area (Å²) in [6.45, 7) is 4.05. The molecule has 126 valence electrons. The molecule has 1 amide bonds. The molecule has 1 saturated heterocycles. The molecular weight excluding hydrogens is 308 g/mol. The van der Waals surface area contributed by atoms with Gasteiger partial charge in [-0.1, -0.05) is 18.2 Å². The molecule has 2 unspecified atom stereocenters. The molecule has 2 aromatic rings. The summed E-state index contributed by atoms with van der Waals surface area (Å²) in [6, 6.07) is 9.22. The Balaban J connectivity index is 1.74. The molecule has 1 aliphatic heterocycles. The molecule has 1 aromatic carbocycles. The van der Waals surface area contributed by atoms with Gasteiger partial charge in [-0.3, -0.25) is 9.59 Å². The first-order chi connectivity index (χ1) is 11.5. The number of benzene rings is 1. The SMILES string of the molecule is Cc1oc(-c2ccccc2)nc1CC(=O)N1CCC(C(=O)O)C1C. The first kappa shape index (κ1) is 16.2. The number of carboxylic acids is 1. The summed E-state index contributed by atoms with van der Waals surface area (Å²) in [5.74, 6) is -0.339. The second-order valence-corrected chi connectivity index (χ2v) is 6.13. The number of carbonyl (C=O) groups excluding carboxylic acids is 1. The van der Waals surface area contributed by atoms with Gasteiger partial charge in [-0.25, -0.2) is 4.98 Å². The Morgan fingerprint density at radius 2 is 2.04 bits per heavy atom. The minimum atomic E-state index is -0.846. The number of nitrogens with zero attached hydrogens (tertiary/aromatic N) is 2. The van der Waals surface area contributed by atoms with Gasteiger partial charge in [0, 0.05) is 18.2 Å². The zero-order chi connectivity index (χ0) is 17.3. The molecule has 0 radical (unpaired) electrons. The molecule has 6 nitrogen and oxygen atoms in total. The quantitative estimate of drug-likeness (QED) is 0.932. The number of oxazole rings is 1. The van der Waals surface area contributed by atoms with E-state index in [2.05, 4.69) is 4.98 Å². The van der Waals surface area contributed by atoms with Gasteiger partial charge in [0.15, 0.2) is 0 Å². The van der Waals surface area contributed by atoms with Gasteiger partial charge in [0.25, 0.3) is 0 Å². The van der Waals surface area contributed by atoms with E-state index < -0.39 is 11.9 Å². The summed E-state index contributed by atoms with van der Waals surface area (Å²) in [4.78, 5) is 29.8. The first-order valence-electron chi connectivity index (χ1n) is 8.01. The van der Waals surface area contributed by atoms with Crippen LogP contribution in [0.3, 0.4) is 0 Å². The van der Waals surface area contributed by atoms with E-state index in [1.165, 1.54) is 0 Å². The van der Waals surface area contributed by atoms with Gasteiger partial charge in [0.2, 0.25) is 11.8 Å². The van der Waals surface area contributed by atoms with Gasteiger partial charge in [0.05, 0.1) is 18.0 Å². The van der Waals surface area contributed by atoms with Crippen LogP contribution in [0.2, 0.25) is 0 Å². The Morgan fingerprint density at radius 3 is 2.67 bits per heavy atom. The normalized spacial score (nSPS) is 20.3. The van der Waals surface area contributed by atoms with E-state index in [1.807, 2.05) is 30.3 Å². The fraction of sp³-hybridized carbons (Fsp3) is 0.389. The van der Waals surface area contributed by atoms with Crippen molar-refractivity contribution in [2.75, 3.05) is 6.54 Å². The smallest absolute Gasteiger partial charge is 0.308 e. The van der Waals surface area contributed by atoms with Gasteiger partial charge in [-0.15, -0.1) is 0 Å². The molecule has 1 aromatic heterocycles. The van der Waals surface area contributed by atoms with Crippen molar-refractivity contribution in [3.05, 3.63) is 41.8 Å². The minimum absolute atomic E-state index is 0.109. The number of amides is 1. The van der Waals surface area contributed by atoms with E-state index in [0.717, 1.165) is 5.56 Å². The number of aryl methyl sites for hydroxylation is 1. The van der Waals surface area contributed by atoms with Crippen LogP contribution in [0, 0.1) is 12.8 Å². The summed E-state index contributed by atoms with van der Waals surface area (Å²) in [7, 11) is 0. The Labute approximate surface area is 140 Å². The Bertz CT molecular complexity index is 754. The molecule has 1 N–H and O–H groups in total. The highest BCUT2D eigenvalue weighted by Crippen LogP contribution is 2.26. The third-order valence-corrected chi connectivity index (χ3v) is 4.62. The molecule has 1 aliphatic rings. The molecule has 0 saturated carbocycles. The van der Waals surface area contributed by atoms with Crippen LogP contribution < -0.4 is 0 Å². The average Bonchev–Trinajstić information content (AvgIpc) is 3.12. The van der Waals surface area contributed by atoms with Gasteiger partial charge < -0.3 is 14.4 Å². The maximum Gasteiger partial charge on any atom is 0.308 e. The lowest BCUT2D eigenvalue weighted by Gasteiger charge is -2.23. The zero-order valence-corrected chi connectivity index (χ0v) is 13.7. The van der Waals surface area contributed by atoms with Crippen LogP contribution in [-0.2, 0) is 16.0 Å². The van der Waals surface area contributed by atoms with Gasteiger partial charge in [-0.05, 0) is 32.4 Å². The molecule has 0 bridgehead atoms. The number of hydrogen-bond acceptors (Lipinski definition) is 4. The van der Waals surface area contributed by atoms with Crippen molar-refractivity contribution in [2.24, 2.45) is 5.92 Å². The van der Waals surface area contributed by atoms with E-state index in [1.54, 1.807) is 18.7 Å². The van der Waals surface area contributed by atoms with Crippen LogP contribution in [0.1, 0.15) is 24.8 Å². The van der Waals surface area contributed by atoms with Crippen LogP contribution in [0.15, 0.2) is 34.7 Å². The van der Waals surface area contributed by atoms with Crippen molar-refractivity contribution >= 4 is 11.9 Å². The Kier molecular flexibility index (Phi) is 4.38. The lowest BCUT2D eigenvalue weighted by molar-refractivity contribution is -0.143. The molecule has 0 spiro atoms. The number of aliphatic carboxylic acids is 1. The van der Waals surface area contributed by atoms with Gasteiger partial charge in [0.1, 0.15) is 5.76 Å². The molecule has 24 heavy (non-hydrogen) atoms. The molecule has 1 fully saturated rings. The van der Waals surface area contributed by atoms with Crippen molar-refractivity contribution in [2.45, 2.75) is 32.7 Å². The summed E-state index contributed by atoms with van der Waals surface area (Å²) >= 11 is 0. The lowest BCUT2D eigenvalue weighted by atomic mass is 10.0. The van der Waals surface area contributed by atoms with E-state index in [9.17, 15) is 14.7 Å². The maximum absolute atomic E-state index is 12.5. The van der Waals surface area contributed by atoms with Crippen LogP contribution in [0.5, 0.6) is 0 Å². The maximum atomic E-state index is 12.5. The third kappa shape index (κ3) is 3.04. The molecule has 6 heteroatoms. The first-order valence-corrected chi connectivity index (χ1v) is 8.01. The predicted molar refractivity (Wildman–Crippen MR) is 87.3 cm³/mol. The Hall–Kier alpha value is -2.63. The van der Waals surface area contributed by atoms with E-state index in [4.69, 9.17) is 4.42 Å². The minimum Gasteiger partial charge on any atom is -0.481 e. The Morgan fingerprint density at radius 1 is 1.33 bits per heavy atom. The van der Waals surface area contributed by atoms with E-state index in [-0.39, 0.29) is 18.4 Å². The summed E-state index contributed by atoms with van der Waals surface area (Å²) in [5.41, 5.74) is 1.46. The fourth-order valence-corrected chi connectivity index (χ4v) is 3.16. The summed E-state index contributed by atoms with van der Waals surface area (Å²) in [5, 5.41) is 9.18. The number of aromatic nitrogens is 1. The lowest BCUT2D eigenvalue weighted by Crippen LogP contribution is -2.38. The molecule has 3 rings (SSSR count). The van der Waals surface area contributed by atoms with Crippen LogP contribution in [-0.4, -0.2) is 39.5 Å². The van der Waals surface area contributed by atoms with Gasteiger partial charge >= 0.3 is 5.97 Å². The average molecular weight is 328 g/mol. The standard InChI is InChI=1S/C18H20N2O4/c1-11-14(18(22)23)8-9-20(11)16(21)10-15-12(2)24-17(19-15)13-6-4-3-5-7-13/h3-7,11,14H,8-10H2,1-2H3,(H,22,23). The number of rotatable bonds is 4. The largest absolute Gasteiger partial charge is 0.481 e. The third-order valence-electron chi connectivity index (χ3n) is 4.62. The second kappa shape index (κ2) is 6.47.